The van der Waals surface area contributed by atoms with Crippen molar-refractivity contribution in [2.24, 2.45) is 17.2 Å². The number of carboxylic acids is 1. The number of allylic oxidation sites excluding steroid dienone is 2. The predicted molar refractivity (Wildman–Crippen MR) is 49.5 cm³/mol. The van der Waals surface area contributed by atoms with Gasteiger partial charge in [-0.3, -0.25) is 10.6 Å². The number of carboxylic acid groups (broad SMARTS) is 1. The summed E-state index contributed by atoms with van der Waals surface area (Å²) in [6.45, 7) is 3.55. The Hall–Kier alpha value is -1.29. The first-order chi connectivity index (χ1) is 6.00. The number of carbonyl (C=O) groups is 1. The normalized spacial score (nSPS) is 32.5. The van der Waals surface area contributed by atoms with Crippen molar-refractivity contribution in [2.45, 2.75) is 13.8 Å². The van der Waals surface area contributed by atoms with Gasteiger partial charge in [0.25, 0.3) is 0 Å². The molecule has 0 radical (unpaired) electrons. The lowest BCUT2D eigenvalue weighted by atomic mass is 9.75. The molecule has 0 aromatic rings. The molecule has 13 heavy (non-hydrogen) atoms. The van der Waals surface area contributed by atoms with E-state index in [1.54, 1.807) is 19.1 Å². The molecule has 0 saturated heterocycles. The average molecular weight is 182 g/mol. The van der Waals surface area contributed by atoms with Crippen LogP contribution in [0.4, 0.5) is 0 Å². The highest BCUT2D eigenvalue weighted by molar-refractivity contribution is 5.78. The summed E-state index contributed by atoms with van der Waals surface area (Å²) in [5.74, 6) is 4.35. The first kappa shape index (κ1) is 9.80. The van der Waals surface area contributed by atoms with E-state index in [0.29, 0.717) is 5.70 Å². The minimum absolute atomic E-state index is 0.0258. The summed E-state index contributed by atoms with van der Waals surface area (Å²) in [5.41, 5.74) is 2.22. The molecule has 0 spiro atoms. The molecular formula is C9H14N2O2. The van der Waals surface area contributed by atoms with E-state index in [9.17, 15) is 4.79 Å². The fraction of sp³-hybridized carbons (Fsp3) is 0.444. The Morgan fingerprint density at radius 2 is 2.38 bits per heavy atom. The van der Waals surface area contributed by atoms with Crippen molar-refractivity contribution < 1.29 is 9.90 Å². The Bertz CT molecular complexity index is 283. The second-order valence-electron chi connectivity index (χ2n) is 3.48. The minimum Gasteiger partial charge on any atom is -0.481 e. The number of rotatable bonds is 2. The van der Waals surface area contributed by atoms with Crippen LogP contribution in [-0.2, 0) is 4.79 Å². The van der Waals surface area contributed by atoms with Crippen LogP contribution in [0, 0.1) is 11.3 Å². The van der Waals surface area contributed by atoms with Gasteiger partial charge >= 0.3 is 5.97 Å². The van der Waals surface area contributed by atoms with Gasteiger partial charge < -0.3 is 10.5 Å². The quantitative estimate of drug-likeness (QED) is 0.432. The van der Waals surface area contributed by atoms with Crippen molar-refractivity contribution in [3.8, 4) is 0 Å². The van der Waals surface area contributed by atoms with Crippen LogP contribution < -0.4 is 11.3 Å². The summed E-state index contributed by atoms with van der Waals surface area (Å²) >= 11 is 0. The van der Waals surface area contributed by atoms with Crippen LogP contribution in [0.1, 0.15) is 13.8 Å². The van der Waals surface area contributed by atoms with E-state index >= 15 is 0 Å². The first-order valence-corrected chi connectivity index (χ1v) is 4.12. The smallest absolute Gasteiger partial charge is 0.313 e. The van der Waals surface area contributed by atoms with Crippen molar-refractivity contribution >= 4 is 5.97 Å². The van der Waals surface area contributed by atoms with Gasteiger partial charge in [-0.05, 0) is 25.0 Å². The number of hydrazine groups is 1. The third-order valence-corrected chi connectivity index (χ3v) is 2.59. The van der Waals surface area contributed by atoms with Crippen molar-refractivity contribution in [1.29, 1.82) is 0 Å². The summed E-state index contributed by atoms with van der Waals surface area (Å²) in [4.78, 5) is 11.0. The predicted octanol–water partition coefficient (Wildman–Crippen LogP) is 0.630. The third-order valence-electron chi connectivity index (χ3n) is 2.59. The van der Waals surface area contributed by atoms with Crippen molar-refractivity contribution in [3.63, 3.8) is 0 Å². The fourth-order valence-electron chi connectivity index (χ4n) is 1.30. The van der Waals surface area contributed by atoms with Crippen molar-refractivity contribution in [1.82, 2.24) is 5.43 Å². The lowest BCUT2D eigenvalue weighted by Gasteiger charge is -2.29. The Morgan fingerprint density at radius 1 is 1.77 bits per heavy atom. The minimum atomic E-state index is -0.865. The topological polar surface area (TPSA) is 75.3 Å². The first-order valence-electron chi connectivity index (χ1n) is 4.12. The van der Waals surface area contributed by atoms with Gasteiger partial charge in [0.05, 0.1) is 5.41 Å². The van der Waals surface area contributed by atoms with E-state index in [-0.39, 0.29) is 5.92 Å². The Morgan fingerprint density at radius 3 is 2.85 bits per heavy atom. The Balaban J connectivity index is 3.03. The van der Waals surface area contributed by atoms with Crippen LogP contribution in [0.3, 0.4) is 0 Å². The molecule has 0 fully saturated rings. The van der Waals surface area contributed by atoms with Gasteiger partial charge in [-0.1, -0.05) is 13.0 Å². The van der Waals surface area contributed by atoms with E-state index in [1.807, 2.05) is 13.0 Å². The zero-order valence-electron chi connectivity index (χ0n) is 7.74. The molecule has 4 nitrogen and oxygen atoms in total. The summed E-state index contributed by atoms with van der Waals surface area (Å²) < 4.78 is 0. The molecule has 4 heteroatoms. The second kappa shape index (κ2) is 3.22. The Kier molecular flexibility index (Phi) is 2.43. The highest BCUT2D eigenvalue weighted by atomic mass is 16.4. The molecule has 2 unspecified atom stereocenters. The summed E-state index contributed by atoms with van der Waals surface area (Å²) in [6.07, 6.45) is 5.26. The Labute approximate surface area is 77.1 Å². The number of nitrogens with one attached hydrogen (secondary N) is 1. The van der Waals surface area contributed by atoms with E-state index in [2.05, 4.69) is 5.43 Å². The largest absolute Gasteiger partial charge is 0.481 e. The number of hydrogen-bond donors (Lipinski definition) is 3. The molecular weight excluding hydrogens is 168 g/mol. The molecule has 0 aliphatic heterocycles. The molecule has 0 saturated carbocycles. The molecule has 0 aromatic heterocycles. The van der Waals surface area contributed by atoms with Gasteiger partial charge in [-0.15, -0.1) is 0 Å². The highest BCUT2D eigenvalue weighted by Gasteiger charge is 2.37. The van der Waals surface area contributed by atoms with Crippen LogP contribution in [0.2, 0.25) is 0 Å². The van der Waals surface area contributed by atoms with Gasteiger partial charge in [-0.2, -0.15) is 0 Å². The molecule has 1 aliphatic carbocycles. The summed E-state index contributed by atoms with van der Waals surface area (Å²) in [6, 6.07) is 0. The van der Waals surface area contributed by atoms with Crippen molar-refractivity contribution in [2.75, 3.05) is 0 Å². The van der Waals surface area contributed by atoms with Gasteiger partial charge in [-0.25, -0.2) is 0 Å². The van der Waals surface area contributed by atoms with Crippen LogP contribution in [-0.4, -0.2) is 11.1 Å². The monoisotopic (exact) mass is 182 g/mol. The number of hydrogen-bond acceptors (Lipinski definition) is 3. The maximum absolute atomic E-state index is 11.0. The SMILES string of the molecule is CC1C=CC(NN)=CC1(C)C(=O)O. The van der Waals surface area contributed by atoms with Gasteiger partial charge in [0.15, 0.2) is 0 Å². The number of aliphatic carboxylic acids is 1. The maximum Gasteiger partial charge on any atom is 0.313 e. The van der Waals surface area contributed by atoms with Crippen LogP contribution in [0.5, 0.6) is 0 Å². The van der Waals surface area contributed by atoms with Crippen LogP contribution in [0.25, 0.3) is 0 Å². The lowest BCUT2D eigenvalue weighted by molar-refractivity contribution is -0.146. The van der Waals surface area contributed by atoms with Gasteiger partial charge in [0, 0.05) is 5.70 Å². The van der Waals surface area contributed by atoms with Crippen LogP contribution >= 0.6 is 0 Å². The molecule has 4 N–H and O–H groups in total. The fourth-order valence-corrected chi connectivity index (χ4v) is 1.30. The zero-order valence-corrected chi connectivity index (χ0v) is 7.74. The van der Waals surface area contributed by atoms with Gasteiger partial charge in [0.1, 0.15) is 0 Å². The molecule has 2 atom stereocenters. The van der Waals surface area contributed by atoms with E-state index in [1.165, 1.54) is 0 Å². The molecule has 0 bridgehead atoms. The average Bonchev–Trinajstić information content (AvgIpc) is 2.09. The number of nitrogens with two attached hydrogens (primary N) is 1. The third kappa shape index (κ3) is 1.58. The lowest BCUT2D eigenvalue weighted by Crippen LogP contribution is -2.36. The zero-order chi connectivity index (χ0) is 10.1. The molecule has 1 rings (SSSR count). The molecule has 72 valence electrons. The van der Waals surface area contributed by atoms with E-state index in [0.717, 1.165) is 0 Å². The summed E-state index contributed by atoms with van der Waals surface area (Å²) in [5, 5.41) is 9.03. The van der Waals surface area contributed by atoms with E-state index < -0.39 is 11.4 Å². The van der Waals surface area contributed by atoms with E-state index in [4.69, 9.17) is 10.9 Å². The van der Waals surface area contributed by atoms with Crippen LogP contribution in [0.15, 0.2) is 23.9 Å². The molecule has 0 aromatic carbocycles. The standard InChI is InChI=1S/C9H14N2O2/c1-6-3-4-7(11-10)5-9(6,2)8(12)13/h3-6,11H,10H2,1-2H3,(H,12,13). The molecule has 0 heterocycles. The van der Waals surface area contributed by atoms with Crippen molar-refractivity contribution in [3.05, 3.63) is 23.9 Å². The summed E-state index contributed by atoms with van der Waals surface area (Å²) in [7, 11) is 0. The second-order valence-corrected chi connectivity index (χ2v) is 3.48. The molecule has 1 aliphatic rings. The van der Waals surface area contributed by atoms with Gasteiger partial charge in [0.2, 0.25) is 0 Å². The maximum atomic E-state index is 11.0. The molecule has 0 amide bonds. The highest BCUT2D eigenvalue weighted by Crippen LogP contribution is 2.34.